The van der Waals surface area contributed by atoms with Crippen molar-refractivity contribution in [2.24, 2.45) is 0 Å². The number of H-pyrrole nitrogens is 1. The largest absolute Gasteiger partial charge is 0.388 e. The monoisotopic (exact) mass is 488 g/mol. The van der Waals surface area contributed by atoms with Gasteiger partial charge in [-0.05, 0) is 49.2 Å². The molecule has 180 valence electrons. The minimum Gasteiger partial charge on any atom is -0.388 e. The molecule has 7 heteroatoms. The van der Waals surface area contributed by atoms with Gasteiger partial charge in [0.15, 0.2) is 6.29 Å². The van der Waals surface area contributed by atoms with Gasteiger partial charge in [0.05, 0.1) is 0 Å². The quantitative estimate of drug-likeness (QED) is 0.186. The van der Waals surface area contributed by atoms with Gasteiger partial charge in [0.2, 0.25) is 0 Å². The number of aliphatic hydroxyl groups excluding tert-OH is 2. The van der Waals surface area contributed by atoms with Gasteiger partial charge in [-0.3, -0.25) is 14.3 Å². The molecule has 1 aliphatic heterocycles. The van der Waals surface area contributed by atoms with Crippen molar-refractivity contribution in [3.05, 3.63) is 105 Å². The summed E-state index contributed by atoms with van der Waals surface area (Å²) in [6, 6.07) is 22.9. The van der Waals surface area contributed by atoms with Gasteiger partial charge in [-0.15, -0.1) is 0 Å². The molecule has 0 bridgehead atoms. The second-order valence-electron chi connectivity index (χ2n) is 9.34. The molecule has 6 aromatic rings. The highest BCUT2D eigenvalue weighted by atomic mass is 16.6. The molecule has 0 spiro atoms. The Morgan fingerprint density at radius 1 is 0.784 bits per heavy atom. The van der Waals surface area contributed by atoms with Gasteiger partial charge >= 0.3 is 5.69 Å². The van der Waals surface area contributed by atoms with E-state index in [1.807, 2.05) is 18.2 Å². The molecule has 0 saturated carbocycles. The predicted octanol–water partition coefficient (Wildman–Crippen LogP) is 3.59. The normalized spacial score (nSPS) is 19.7. The van der Waals surface area contributed by atoms with E-state index in [2.05, 4.69) is 65.4 Å². The van der Waals surface area contributed by atoms with Crippen LogP contribution in [0, 0.1) is 11.8 Å². The molecule has 0 amide bonds. The Bertz CT molecular complexity index is 1990. The van der Waals surface area contributed by atoms with Crippen LogP contribution in [0.25, 0.3) is 43.1 Å². The highest BCUT2D eigenvalue weighted by molar-refractivity contribution is 6.33. The first kappa shape index (κ1) is 21.8. The van der Waals surface area contributed by atoms with Gasteiger partial charge in [0.1, 0.15) is 17.9 Å². The maximum Gasteiger partial charge on any atom is 0.330 e. The van der Waals surface area contributed by atoms with Crippen molar-refractivity contribution < 1.29 is 14.9 Å². The molecule has 1 saturated heterocycles. The van der Waals surface area contributed by atoms with E-state index in [4.69, 9.17) is 4.74 Å². The SMILES string of the molecule is O=c1[nH]c(=O)n([C@H]2C[C@H](O)[C@@H](O)O2)cc1C#Cc1ccc2c3cccc4cccc(c5cccc1c52)c43. The summed E-state index contributed by atoms with van der Waals surface area (Å²) in [4.78, 5) is 27.1. The number of hydrogen-bond acceptors (Lipinski definition) is 5. The molecule has 1 aromatic heterocycles. The number of aliphatic hydroxyl groups is 2. The summed E-state index contributed by atoms with van der Waals surface area (Å²) in [7, 11) is 0. The van der Waals surface area contributed by atoms with Crippen molar-refractivity contribution in [2.75, 3.05) is 0 Å². The van der Waals surface area contributed by atoms with Crippen LogP contribution in [0.2, 0.25) is 0 Å². The second kappa shape index (κ2) is 8.02. The van der Waals surface area contributed by atoms with Crippen molar-refractivity contribution in [3.63, 3.8) is 0 Å². The summed E-state index contributed by atoms with van der Waals surface area (Å²) in [5, 5.41) is 28.6. The fourth-order valence-corrected chi connectivity index (χ4v) is 5.49. The van der Waals surface area contributed by atoms with Crippen LogP contribution < -0.4 is 11.2 Å². The number of fused-ring (bicyclic) bond motifs is 2. The van der Waals surface area contributed by atoms with Crippen molar-refractivity contribution in [2.45, 2.75) is 25.0 Å². The molecule has 0 aliphatic carbocycles. The topological polar surface area (TPSA) is 105 Å². The van der Waals surface area contributed by atoms with E-state index < -0.39 is 29.9 Å². The summed E-state index contributed by atoms with van der Waals surface area (Å²) in [6.45, 7) is 0. The number of hydrogen-bond donors (Lipinski definition) is 3. The molecule has 1 fully saturated rings. The Morgan fingerprint density at radius 3 is 2.11 bits per heavy atom. The number of aromatic nitrogens is 2. The Balaban J connectivity index is 1.41. The molecule has 7 rings (SSSR count). The van der Waals surface area contributed by atoms with E-state index in [9.17, 15) is 19.8 Å². The molecule has 5 aromatic carbocycles. The highest BCUT2D eigenvalue weighted by Gasteiger charge is 2.34. The van der Waals surface area contributed by atoms with Crippen molar-refractivity contribution in [1.82, 2.24) is 9.55 Å². The molecule has 0 radical (unpaired) electrons. The Kier molecular flexibility index (Phi) is 4.72. The van der Waals surface area contributed by atoms with Crippen LogP contribution in [0.4, 0.5) is 0 Å². The fraction of sp³-hybridized carbons (Fsp3) is 0.133. The first-order valence-electron chi connectivity index (χ1n) is 12.0. The van der Waals surface area contributed by atoms with Gasteiger partial charge in [-0.25, -0.2) is 4.79 Å². The maximum atomic E-state index is 12.5. The van der Waals surface area contributed by atoms with Crippen LogP contribution in [0.5, 0.6) is 0 Å². The lowest BCUT2D eigenvalue weighted by molar-refractivity contribution is -0.142. The van der Waals surface area contributed by atoms with E-state index in [-0.39, 0.29) is 12.0 Å². The average Bonchev–Trinajstić information content (AvgIpc) is 3.24. The first-order valence-corrected chi connectivity index (χ1v) is 12.0. The Labute approximate surface area is 209 Å². The lowest BCUT2D eigenvalue weighted by Crippen LogP contribution is -2.33. The van der Waals surface area contributed by atoms with Crippen LogP contribution in [0.3, 0.4) is 0 Å². The third-order valence-electron chi connectivity index (χ3n) is 7.20. The number of ether oxygens (including phenoxy) is 1. The van der Waals surface area contributed by atoms with Crippen molar-refractivity contribution in [3.8, 4) is 11.8 Å². The molecule has 3 atom stereocenters. The minimum atomic E-state index is -1.40. The molecule has 0 unspecified atom stereocenters. The van der Waals surface area contributed by atoms with Gasteiger partial charge in [-0.2, -0.15) is 0 Å². The van der Waals surface area contributed by atoms with Gasteiger partial charge < -0.3 is 14.9 Å². The number of aromatic amines is 1. The van der Waals surface area contributed by atoms with Crippen LogP contribution >= 0.6 is 0 Å². The summed E-state index contributed by atoms with van der Waals surface area (Å²) in [5.41, 5.74) is -0.477. The van der Waals surface area contributed by atoms with Crippen molar-refractivity contribution in [1.29, 1.82) is 0 Å². The Hall–Kier alpha value is -4.48. The van der Waals surface area contributed by atoms with E-state index >= 15 is 0 Å². The third-order valence-corrected chi connectivity index (χ3v) is 7.20. The zero-order valence-electron chi connectivity index (χ0n) is 19.4. The van der Waals surface area contributed by atoms with Crippen LogP contribution in [0.1, 0.15) is 23.8 Å². The Morgan fingerprint density at radius 2 is 1.41 bits per heavy atom. The molecule has 7 nitrogen and oxygen atoms in total. The van der Waals surface area contributed by atoms with Crippen LogP contribution in [0.15, 0.2) is 82.5 Å². The zero-order valence-corrected chi connectivity index (χ0v) is 19.4. The van der Waals surface area contributed by atoms with Crippen molar-refractivity contribution >= 4 is 43.1 Å². The fourth-order valence-electron chi connectivity index (χ4n) is 5.49. The van der Waals surface area contributed by atoms with E-state index in [0.29, 0.717) is 0 Å². The molecular weight excluding hydrogens is 468 g/mol. The second-order valence-corrected chi connectivity index (χ2v) is 9.34. The first-order chi connectivity index (χ1) is 18.0. The highest BCUT2D eigenvalue weighted by Crippen LogP contribution is 2.40. The number of rotatable bonds is 1. The van der Waals surface area contributed by atoms with Gasteiger partial charge in [-0.1, -0.05) is 72.5 Å². The van der Waals surface area contributed by atoms with Crippen LogP contribution in [-0.4, -0.2) is 32.2 Å². The smallest absolute Gasteiger partial charge is 0.330 e. The zero-order chi connectivity index (χ0) is 25.3. The molecule has 2 heterocycles. The minimum absolute atomic E-state index is 0.0170. The molecular formula is C30H20N2O5. The number of benzene rings is 5. The summed E-state index contributed by atoms with van der Waals surface area (Å²) in [5.74, 6) is 6.04. The molecule has 1 aliphatic rings. The van der Waals surface area contributed by atoms with E-state index in [0.717, 1.165) is 31.7 Å². The third kappa shape index (κ3) is 3.28. The summed E-state index contributed by atoms with van der Waals surface area (Å²) in [6.07, 6.45) is -2.09. The lowest BCUT2D eigenvalue weighted by atomic mass is 9.88. The maximum absolute atomic E-state index is 12.5. The number of nitrogens with zero attached hydrogens (tertiary/aromatic N) is 1. The summed E-state index contributed by atoms with van der Waals surface area (Å²) < 4.78 is 6.39. The molecule has 37 heavy (non-hydrogen) atoms. The van der Waals surface area contributed by atoms with Gasteiger partial charge in [0.25, 0.3) is 5.56 Å². The lowest BCUT2D eigenvalue weighted by Gasteiger charge is -2.15. The average molecular weight is 488 g/mol. The standard InChI is InChI=1S/C30H20N2O5/c33-24-14-25(37-29(24)35)32-15-18(28(34)31-30(32)36)11-10-16-12-13-23-21-8-2-5-17-4-1-7-20(26(17)21)22-9-3-6-19(16)27(22)23/h1-9,12-13,15,24-25,29,33,35H,14H2,(H,31,34,36)/t24-,25+,29-/m0/s1. The van der Waals surface area contributed by atoms with E-state index in [1.54, 1.807) is 0 Å². The van der Waals surface area contributed by atoms with Gasteiger partial charge in [0, 0.05) is 18.2 Å². The molecule has 3 N–H and O–H groups in total. The predicted molar refractivity (Wildman–Crippen MR) is 142 cm³/mol. The van der Waals surface area contributed by atoms with Crippen LogP contribution in [-0.2, 0) is 4.74 Å². The number of nitrogens with one attached hydrogen (secondary N) is 1. The van der Waals surface area contributed by atoms with E-state index in [1.165, 1.54) is 27.7 Å². The summed E-state index contributed by atoms with van der Waals surface area (Å²) >= 11 is 0.